The number of amides is 1. The molecule has 0 radical (unpaired) electrons. The molecule has 1 aliphatic heterocycles. The topological polar surface area (TPSA) is 82.4 Å². The molecule has 1 aromatic carbocycles. The average molecular weight is 404 g/mol. The van der Waals surface area contributed by atoms with Gasteiger partial charge in [0.05, 0.1) is 18.3 Å². The van der Waals surface area contributed by atoms with E-state index >= 15 is 0 Å². The molecule has 0 spiro atoms. The number of likely N-dealkylation sites (N-methyl/N-ethyl adjacent to an activating group) is 1. The van der Waals surface area contributed by atoms with Crippen LogP contribution in [0, 0.1) is 0 Å². The van der Waals surface area contributed by atoms with Crippen molar-refractivity contribution in [2.45, 2.75) is 49.9 Å². The highest BCUT2D eigenvalue weighted by Gasteiger charge is 2.26. The zero-order valence-electron chi connectivity index (χ0n) is 16.0. The third-order valence-corrected chi connectivity index (χ3v) is 6.10. The van der Waals surface area contributed by atoms with Crippen LogP contribution in [0.5, 0.6) is 11.5 Å². The lowest BCUT2D eigenvalue weighted by Crippen LogP contribution is -2.44. The quantitative estimate of drug-likeness (QED) is 0.657. The number of hydrogen-bond acceptors (Lipinski definition) is 7. The summed E-state index contributed by atoms with van der Waals surface area (Å²) in [5.74, 6) is 1.84. The first-order valence-corrected chi connectivity index (χ1v) is 10.8. The SMILES string of the molecule is CCN(CC1COc2ccccc2O1)C(=O)CSc1nnnn1C1CCCC1. The number of aromatic nitrogens is 4. The molecule has 9 heteroatoms. The third-order valence-electron chi connectivity index (χ3n) is 5.18. The number of carbonyl (C=O) groups is 1. The number of ether oxygens (including phenoxy) is 2. The van der Waals surface area contributed by atoms with E-state index in [9.17, 15) is 4.79 Å². The second-order valence-corrected chi connectivity index (χ2v) is 8.01. The summed E-state index contributed by atoms with van der Waals surface area (Å²) in [6.07, 6.45) is 4.46. The molecule has 8 nitrogen and oxygen atoms in total. The molecule has 2 heterocycles. The molecule has 0 N–H and O–H groups in total. The van der Waals surface area contributed by atoms with Gasteiger partial charge in [0.1, 0.15) is 6.61 Å². The lowest BCUT2D eigenvalue weighted by atomic mass is 10.2. The Morgan fingerprint density at radius 1 is 1.29 bits per heavy atom. The van der Waals surface area contributed by atoms with E-state index < -0.39 is 0 Å². The van der Waals surface area contributed by atoms with Gasteiger partial charge < -0.3 is 14.4 Å². The highest BCUT2D eigenvalue weighted by molar-refractivity contribution is 7.99. The van der Waals surface area contributed by atoms with Gasteiger partial charge in [-0.15, -0.1) is 5.10 Å². The number of tetrazole rings is 1. The van der Waals surface area contributed by atoms with Crippen molar-refractivity contribution in [2.24, 2.45) is 0 Å². The van der Waals surface area contributed by atoms with Crippen molar-refractivity contribution >= 4 is 17.7 Å². The maximum atomic E-state index is 12.8. The van der Waals surface area contributed by atoms with Crippen molar-refractivity contribution in [3.63, 3.8) is 0 Å². The zero-order chi connectivity index (χ0) is 19.3. The van der Waals surface area contributed by atoms with E-state index in [1.165, 1.54) is 24.6 Å². The third kappa shape index (κ3) is 4.24. The van der Waals surface area contributed by atoms with Crippen molar-refractivity contribution in [1.82, 2.24) is 25.1 Å². The van der Waals surface area contributed by atoms with Crippen LogP contribution in [0.1, 0.15) is 38.6 Å². The Morgan fingerprint density at radius 3 is 2.86 bits per heavy atom. The number of benzene rings is 1. The normalized spacial score (nSPS) is 19.0. The molecule has 2 aromatic rings. The largest absolute Gasteiger partial charge is 0.486 e. The average Bonchev–Trinajstić information content (AvgIpc) is 3.41. The van der Waals surface area contributed by atoms with Crippen molar-refractivity contribution in [3.8, 4) is 11.5 Å². The zero-order valence-corrected chi connectivity index (χ0v) is 16.8. The van der Waals surface area contributed by atoms with Crippen LogP contribution >= 0.6 is 11.8 Å². The van der Waals surface area contributed by atoms with E-state index in [0.717, 1.165) is 29.5 Å². The number of hydrogen-bond donors (Lipinski definition) is 0. The van der Waals surface area contributed by atoms with Crippen molar-refractivity contribution in [2.75, 3.05) is 25.4 Å². The van der Waals surface area contributed by atoms with Gasteiger partial charge in [0.2, 0.25) is 11.1 Å². The first-order valence-electron chi connectivity index (χ1n) is 9.81. The Balaban J connectivity index is 1.32. The summed E-state index contributed by atoms with van der Waals surface area (Å²) < 4.78 is 13.6. The predicted molar refractivity (Wildman–Crippen MR) is 105 cm³/mol. The van der Waals surface area contributed by atoms with E-state index in [-0.39, 0.29) is 12.0 Å². The molecule has 1 fully saturated rings. The summed E-state index contributed by atoms with van der Waals surface area (Å²) in [7, 11) is 0. The number of carbonyl (C=O) groups excluding carboxylic acids is 1. The van der Waals surface area contributed by atoms with Crippen molar-refractivity contribution < 1.29 is 14.3 Å². The van der Waals surface area contributed by atoms with Crippen LogP contribution in [0.25, 0.3) is 0 Å². The van der Waals surface area contributed by atoms with Crippen LogP contribution in [-0.2, 0) is 4.79 Å². The second kappa shape index (κ2) is 8.81. The van der Waals surface area contributed by atoms with Gasteiger partial charge in [-0.05, 0) is 42.3 Å². The standard InChI is InChI=1S/C19H25N5O3S/c1-2-23(11-15-12-26-16-9-5-6-10-17(16)27-15)18(25)13-28-19-20-21-22-24(19)14-7-3-4-8-14/h5-6,9-10,14-15H,2-4,7-8,11-13H2,1H3. The van der Waals surface area contributed by atoms with Gasteiger partial charge in [0.25, 0.3) is 0 Å². The number of para-hydroxylation sites is 2. The molecule has 1 amide bonds. The van der Waals surface area contributed by atoms with Crippen LogP contribution in [0.2, 0.25) is 0 Å². The minimum atomic E-state index is -0.174. The van der Waals surface area contributed by atoms with E-state index in [2.05, 4.69) is 15.5 Å². The van der Waals surface area contributed by atoms with Gasteiger partial charge >= 0.3 is 0 Å². The summed E-state index contributed by atoms with van der Waals surface area (Å²) in [5, 5.41) is 12.8. The minimum Gasteiger partial charge on any atom is -0.486 e. The summed E-state index contributed by atoms with van der Waals surface area (Å²) in [4.78, 5) is 14.6. The van der Waals surface area contributed by atoms with Gasteiger partial charge in [-0.1, -0.05) is 36.7 Å². The fraction of sp³-hybridized carbons (Fsp3) is 0.579. The minimum absolute atomic E-state index is 0.0518. The number of nitrogens with zero attached hydrogens (tertiary/aromatic N) is 5. The fourth-order valence-corrected chi connectivity index (χ4v) is 4.53. The van der Waals surface area contributed by atoms with Gasteiger partial charge in [0, 0.05) is 6.54 Å². The van der Waals surface area contributed by atoms with Crippen LogP contribution in [0.15, 0.2) is 29.4 Å². The molecule has 1 aromatic heterocycles. The number of rotatable bonds is 7. The summed E-state index contributed by atoms with van der Waals surface area (Å²) in [6.45, 7) is 3.53. The first-order chi connectivity index (χ1) is 13.7. The van der Waals surface area contributed by atoms with Gasteiger partial charge in [-0.3, -0.25) is 4.79 Å². The molecular formula is C19H25N5O3S. The van der Waals surface area contributed by atoms with Crippen LogP contribution < -0.4 is 9.47 Å². The second-order valence-electron chi connectivity index (χ2n) is 7.06. The molecule has 150 valence electrons. The highest BCUT2D eigenvalue weighted by atomic mass is 32.2. The van der Waals surface area contributed by atoms with Gasteiger partial charge in [-0.25, -0.2) is 4.68 Å². The molecule has 28 heavy (non-hydrogen) atoms. The van der Waals surface area contributed by atoms with E-state index in [4.69, 9.17) is 9.47 Å². The predicted octanol–water partition coefficient (Wildman–Crippen LogP) is 2.57. The fourth-order valence-electron chi connectivity index (χ4n) is 3.68. The molecule has 1 atom stereocenters. The van der Waals surface area contributed by atoms with Crippen molar-refractivity contribution in [1.29, 1.82) is 0 Å². The van der Waals surface area contributed by atoms with Gasteiger partial charge in [0.15, 0.2) is 17.6 Å². The monoisotopic (exact) mass is 403 g/mol. The van der Waals surface area contributed by atoms with Crippen LogP contribution in [0.4, 0.5) is 0 Å². The number of thioether (sulfide) groups is 1. The van der Waals surface area contributed by atoms with Gasteiger partial charge in [-0.2, -0.15) is 0 Å². The maximum absolute atomic E-state index is 12.8. The summed E-state index contributed by atoms with van der Waals surface area (Å²) in [5.41, 5.74) is 0. The van der Waals surface area contributed by atoms with E-state index in [1.54, 1.807) is 4.90 Å². The molecular weight excluding hydrogens is 378 g/mol. The van der Waals surface area contributed by atoms with E-state index in [0.29, 0.717) is 31.5 Å². The van der Waals surface area contributed by atoms with Crippen molar-refractivity contribution in [3.05, 3.63) is 24.3 Å². The molecule has 1 aliphatic carbocycles. The number of fused-ring (bicyclic) bond motifs is 1. The molecule has 1 unspecified atom stereocenters. The Bertz CT molecular complexity index is 808. The first kappa shape index (κ1) is 19.0. The molecule has 1 saturated carbocycles. The highest BCUT2D eigenvalue weighted by Crippen LogP contribution is 2.32. The summed E-state index contributed by atoms with van der Waals surface area (Å²) >= 11 is 1.41. The molecule has 0 bridgehead atoms. The Hall–Kier alpha value is -2.29. The molecule has 0 saturated heterocycles. The molecule has 2 aliphatic rings. The lowest BCUT2D eigenvalue weighted by Gasteiger charge is -2.30. The Morgan fingerprint density at radius 2 is 2.07 bits per heavy atom. The van der Waals surface area contributed by atoms with E-state index in [1.807, 2.05) is 35.9 Å². The smallest absolute Gasteiger partial charge is 0.233 e. The summed E-state index contributed by atoms with van der Waals surface area (Å²) in [6, 6.07) is 7.97. The Labute approximate surface area is 168 Å². The maximum Gasteiger partial charge on any atom is 0.233 e. The van der Waals surface area contributed by atoms with Crippen LogP contribution in [-0.4, -0.2) is 62.6 Å². The lowest BCUT2D eigenvalue weighted by molar-refractivity contribution is -0.129. The molecule has 4 rings (SSSR count). The van der Waals surface area contributed by atoms with Crippen LogP contribution in [0.3, 0.4) is 0 Å². The Kier molecular flexibility index (Phi) is 5.99.